The Morgan fingerprint density at radius 3 is 2.00 bits per heavy atom. The molecule has 0 radical (unpaired) electrons. The Kier molecular flexibility index (Phi) is 11.3. The number of sulfonamides is 1. The topological polar surface area (TPSA) is 86.8 Å². The first-order valence-electron chi connectivity index (χ1n) is 14.2. The Morgan fingerprint density at radius 1 is 0.818 bits per heavy atom. The molecule has 0 aliphatic rings. The zero-order valence-corrected chi connectivity index (χ0v) is 27.0. The lowest BCUT2D eigenvalue weighted by molar-refractivity contribution is -0.140. The third-order valence-electron chi connectivity index (χ3n) is 6.95. The third-order valence-corrected chi connectivity index (χ3v) is 9.26. The molecule has 230 valence electrons. The molecule has 1 N–H and O–H groups in total. The van der Waals surface area contributed by atoms with E-state index in [9.17, 15) is 22.4 Å². The number of anilines is 1. The summed E-state index contributed by atoms with van der Waals surface area (Å²) in [6.45, 7) is 3.87. The molecule has 7 nitrogen and oxygen atoms in total. The van der Waals surface area contributed by atoms with Gasteiger partial charge in [-0.3, -0.25) is 13.9 Å². The molecule has 0 spiro atoms. The lowest BCUT2D eigenvalue weighted by atomic mass is 10.0. The van der Waals surface area contributed by atoms with Crippen molar-refractivity contribution in [2.24, 2.45) is 5.92 Å². The average Bonchev–Trinajstić information content (AvgIpc) is 3.02. The molecule has 1 atom stereocenters. The molecule has 0 bridgehead atoms. The summed E-state index contributed by atoms with van der Waals surface area (Å²) in [5.41, 5.74) is 1.88. The minimum Gasteiger partial charge on any atom is -0.354 e. The first-order valence-corrected chi connectivity index (χ1v) is 16.5. The summed E-state index contributed by atoms with van der Waals surface area (Å²) in [6, 6.07) is 28.6. The Hall–Kier alpha value is -4.02. The predicted molar refractivity (Wildman–Crippen MR) is 174 cm³/mol. The van der Waals surface area contributed by atoms with Crippen LogP contribution in [0.3, 0.4) is 0 Å². The summed E-state index contributed by atoms with van der Waals surface area (Å²) >= 11 is 3.44. The van der Waals surface area contributed by atoms with E-state index >= 15 is 0 Å². The van der Waals surface area contributed by atoms with Crippen molar-refractivity contribution in [2.75, 3.05) is 17.4 Å². The van der Waals surface area contributed by atoms with Crippen LogP contribution in [0.2, 0.25) is 0 Å². The number of hydrogen-bond acceptors (Lipinski definition) is 4. The zero-order chi connectivity index (χ0) is 31.7. The Labute approximate surface area is 266 Å². The number of nitrogens with one attached hydrogen (secondary N) is 1. The van der Waals surface area contributed by atoms with Crippen molar-refractivity contribution in [3.05, 3.63) is 131 Å². The Balaban J connectivity index is 1.77. The summed E-state index contributed by atoms with van der Waals surface area (Å²) in [5, 5.41) is 2.97. The first kappa shape index (κ1) is 32.9. The van der Waals surface area contributed by atoms with Gasteiger partial charge in [0, 0.05) is 24.0 Å². The predicted octanol–water partition coefficient (Wildman–Crippen LogP) is 6.20. The normalized spacial score (nSPS) is 12.0. The van der Waals surface area contributed by atoms with Crippen molar-refractivity contribution in [1.29, 1.82) is 0 Å². The van der Waals surface area contributed by atoms with Gasteiger partial charge in [-0.15, -0.1) is 0 Å². The second-order valence-electron chi connectivity index (χ2n) is 10.8. The van der Waals surface area contributed by atoms with Gasteiger partial charge in [-0.2, -0.15) is 0 Å². The van der Waals surface area contributed by atoms with E-state index in [1.165, 1.54) is 17.0 Å². The van der Waals surface area contributed by atoms with E-state index in [1.54, 1.807) is 30.3 Å². The highest BCUT2D eigenvalue weighted by molar-refractivity contribution is 9.10. The van der Waals surface area contributed by atoms with E-state index in [2.05, 4.69) is 21.2 Å². The fourth-order valence-corrected chi connectivity index (χ4v) is 6.30. The van der Waals surface area contributed by atoms with Crippen LogP contribution in [0.1, 0.15) is 25.0 Å². The largest absolute Gasteiger partial charge is 0.354 e. The molecule has 0 saturated carbocycles. The van der Waals surface area contributed by atoms with Crippen LogP contribution >= 0.6 is 15.9 Å². The number of halogens is 2. The van der Waals surface area contributed by atoms with Crippen molar-refractivity contribution < 1.29 is 22.4 Å². The lowest BCUT2D eigenvalue weighted by Crippen LogP contribution is -2.53. The van der Waals surface area contributed by atoms with Crippen molar-refractivity contribution in [3.63, 3.8) is 0 Å². The number of carbonyl (C=O) groups is 2. The third kappa shape index (κ3) is 8.76. The van der Waals surface area contributed by atoms with Gasteiger partial charge >= 0.3 is 0 Å². The van der Waals surface area contributed by atoms with Crippen LogP contribution in [-0.4, -0.2) is 44.3 Å². The molecule has 4 aromatic rings. The van der Waals surface area contributed by atoms with Gasteiger partial charge < -0.3 is 10.2 Å². The number of carbonyl (C=O) groups excluding carboxylic acids is 2. The molecule has 0 heterocycles. The lowest BCUT2D eigenvalue weighted by Gasteiger charge is -2.34. The van der Waals surface area contributed by atoms with Gasteiger partial charge in [0.2, 0.25) is 11.8 Å². The maximum Gasteiger partial charge on any atom is 0.264 e. The number of amides is 2. The molecular formula is C34H35BrFN3O4S. The molecule has 1 unspecified atom stereocenters. The summed E-state index contributed by atoms with van der Waals surface area (Å²) in [7, 11) is -4.29. The van der Waals surface area contributed by atoms with Gasteiger partial charge in [0.15, 0.2) is 0 Å². The quantitative estimate of drug-likeness (QED) is 0.182. The van der Waals surface area contributed by atoms with Gasteiger partial charge in [-0.05, 0) is 65.6 Å². The minimum absolute atomic E-state index is 0.0674. The SMILES string of the molecule is CC(C)CNC(=O)C(Cc1ccccc1)N(Cc1ccc(Br)cc1)C(=O)CN(c1ccccc1)S(=O)(=O)c1ccc(F)cc1. The van der Waals surface area contributed by atoms with Crippen LogP contribution in [0, 0.1) is 11.7 Å². The zero-order valence-electron chi connectivity index (χ0n) is 24.6. The highest BCUT2D eigenvalue weighted by Crippen LogP contribution is 2.25. The average molecular weight is 681 g/mol. The standard InChI is InChI=1S/C34H35BrFN3O4S/c1-25(2)22-37-34(41)32(21-26-9-5-3-6-10-26)38(23-27-13-15-28(35)16-14-27)33(40)24-39(30-11-7-4-8-12-30)44(42,43)31-19-17-29(36)18-20-31/h3-20,25,32H,21-24H2,1-2H3,(H,37,41). The smallest absolute Gasteiger partial charge is 0.264 e. The highest BCUT2D eigenvalue weighted by Gasteiger charge is 2.34. The minimum atomic E-state index is -4.29. The molecule has 0 saturated heterocycles. The van der Waals surface area contributed by atoms with E-state index in [1.807, 2.05) is 68.4 Å². The molecule has 0 aliphatic heterocycles. The van der Waals surface area contributed by atoms with Gasteiger partial charge in [0.05, 0.1) is 10.6 Å². The molecular weight excluding hydrogens is 645 g/mol. The Bertz CT molecular complexity index is 1640. The summed E-state index contributed by atoms with van der Waals surface area (Å²) in [6.07, 6.45) is 0.225. The maximum absolute atomic E-state index is 14.4. The first-order chi connectivity index (χ1) is 21.0. The summed E-state index contributed by atoms with van der Waals surface area (Å²) < 4.78 is 43.4. The fraction of sp³-hybridized carbons (Fsp3) is 0.235. The molecule has 2 amide bonds. The van der Waals surface area contributed by atoms with Gasteiger partial charge in [0.25, 0.3) is 10.0 Å². The number of hydrogen-bond donors (Lipinski definition) is 1. The van der Waals surface area contributed by atoms with E-state index < -0.39 is 34.3 Å². The summed E-state index contributed by atoms with van der Waals surface area (Å²) in [5.74, 6) is -1.30. The van der Waals surface area contributed by atoms with Gasteiger partial charge in [0.1, 0.15) is 18.4 Å². The van der Waals surface area contributed by atoms with E-state index in [-0.39, 0.29) is 35.4 Å². The van der Waals surface area contributed by atoms with Crippen LogP contribution < -0.4 is 9.62 Å². The number of rotatable bonds is 13. The van der Waals surface area contributed by atoms with E-state index in [0.29, 0.717) is 6.54 Å². The van der Waals surface area contributed by atoms with E-state index in [0.717, 1.165) is 32.0 Å². The Morgan fingerprint density at radius 2 is 1.41 bits per heavy atom. The molecule has 0 aliphatic carbocycles. The molecule has 10 heteroatoms. The molecule has 4 rings (SSSR count). The van der Waals surface area contributed by atoms with Crippen LogP contribution in [0.25, 0.3) is 0 Å². The van der Waals surface area contributed by atoms with Crippen LogP contribution in [0.5, 0.6) is 0 Å². The fourth-order valence-electron chi connectivity index (χ4n) is 4.62. The second kappa shape index (κ2) is 15.1. The monoisotopic (exact) mass is 679 g/mol. The molecule has 0 aromatic heterocycles. The molecule has 44 heavy (non-hydrogen) atoms. The van der Waals surface area contributed by atoms with Gasteiger partial charge in [-0.1, -0.05) is 90.4 Å². The van der Waals surface area contributed by atoms with Gasteiger partial charge in [-0.25, -0.2) is 12.8 Å². The van der Waals surface area contributed by atoms with Crippen LogP contribution in [0.4, 0.5) is 10.1 Å². The van der Waals surface area contributed by atoms with Crippen molar-refractivity contribution in [1.82, 2.24) is 10.2 Å². The van der Waals surface area contributed by atoms with Crippen LogP contribution in [0.15, 0.2) is 119 Å². The van der Waals surface area contributed by atoms with E-state index in [4.69, 9.17) is 0 Å². The molecule has 0 fully saturated rings. The molecule has 4 aromatic carbocycles. The maximum atomic E-state index is 14.4. The van der Waals surface area contributed by atoms with Crippen molar-refractivity contribution in [3.8, 4) is 0 Å². The highest BCUT2D eigenvalue weighted by atomic mass is 79.9. The number of nitrogens with zero attached hydrogens (tertiary/aromatic N) is 2. The van der Waals surface area contributed by atoms with Crippen LogP contribution in [-0.2, 0) is 32.6 Å². The van der Waals surface area contributed by atoms with Crippen molar-refractivity contribution in [2.45, 2.75) is 37.8 Å². The number of para-hydroxylation sites is 1. The number of benzene rings is 4. The summed E-state index contributed by atoms with van der Waals surface area (Å²) in [4.78, 5) is 29.4. The van der Waals surface area contributed by atoms with Crippen molar-refractivity contribution >= 4 is 43.5 Å². The second-order valence-corrected chi connectivity index (χ2v) is 13.6.